The molecule has 6 heteroatoms. The van der Waals surface area contributed by atoms with Gasteiger partial charge in [0.2, 0.25) is 0 Å². The molecule has 4 N–H and O–H groups in total. The maximum atomic E-state index is 6.29. The van der Waals surface area contributed by atoms with Gasteiger partial charge in [-0.05, 0) is 19.4 Å². The number of rotatable bonds is 5. The van der Waals surface area contributed by atoms with Crippen molar-refractivity contribution in [1.29, 1.82) is 0 Å². The number of nitrogens with two attached hydrogens (primary N) is 2. The first kappa shape index (κ1) is 15.1. The molecule has 1 rings (SSSR count). The van der Waals surface area contributed by atoms with E-state index < -0.39 is 13.8 Å². The normalized spacial score (nSPS) is 32.1. The molecule has 0 bridgehead atoms. The number of hydrogen-bond acceptors (Lipinski definition) is 5. The van der Waals surface area contributed by atoms with Crippen LogP contribution in [0.2, 0.25) is 6.04 Å². The van der Waals surface area contributed by atoms with E-state index in [9.17, 15) is 0 Å². The molecule has 1 heterocycles. The molecule has 5 nitrogen and oxygen atoms in total. The van der Waals surface area contributed by atoms with E-state index in [0.29, 0.717) is 0 Å². The molecule has 17 heavy (non-hydrogen) atoms. The molecule has 1 fully saturated rings. The van der Waals surface area contributed by atoms with Crippen molar-refractivity contribution in [2.45, 2.75) is 49.5 Å². The average molecular weight is 262 g/mol. The Labute approximate surface area is 105 Å². The molecule has 0 amide bonds. The summed E-state index contributed by atoms with van der Waals surface area (Å²) in [6.07, 6.45) is 3.04. The summed E-state index contributed by atoms with van der Waals surface area (Å²) in [5.41, 5.74) is 12.3. The second kappa shape index (κ2) is 5.77. The van der Waals surface area contributed by atoms with Crippen molar-refractivity contribution in [3.8, 4) is 0 Å². The molecule has 0 spiro atoms. The molecule has 0 aromatic heterocycles. The summed E-state index contributed by atoms with van der Waals surface area (Å²) in [6, 6.07) is 0.499. The van der Waals surface area contributed by atoms with Crippen LogP contribution in [-0.4, -0.2) is 47.2 Å². The Hall–Kier alpha value is 0.0169. The monoisotopic (exact) mass is 262 g/mol. The van der Waals surface area contributed by atoms with Crippen molar-refractivity contribution < 1.29 is 13.6 Å². The Morgan fingerprint density at radius 1 is 1.12 bits per heavy atom. The third-order valence-electron chi connectivity index (χ3n) is 4.08. The second-order valence-electron chi connectivity index (χ2n) is 4.85. The van der Waals surface area contributed by atoms with Crippen LogP contribution in [-0.2, 0) is 13.6 Å². The highest BCUT2D eigenvalue weighted by atomic mass is 28.4. The summed E-state index contributed by atoms with van der Waals surface area (Å²) >= 11 is 0. The smallest absolute Gasteiger partial charge is 0.372 e. The van der Waals surface area contributed by atoms with E-state index in [-0.39, 0.29) is 12.1 Å². The largest absolute Gasteiger partial charge is 0.396 e. The molecule has 1 aliphatic heterocycles. The predicted octanol–water partition coefficient (Wildman–Crippen LogP) is 0.504. The third-order valence-corrected chi connectivity index (χ3v) is 8.49. The molecule has 0 aliphatic carbocycles. The Kier molecular flexibility index (Phi) is 5.12. The third kappa shape index (κ3) is 2.30. The number of ether oxygens (including phenoxy) is 1. The SMILES string of the molecule is COC1(C(N)C(C)N)CCCC[Si]1(OC)OC. The van der Waals surface area contributed by atoms with Crippen LogP contribution in [0, 0.1) is 0 Å². The van der Waals surface area contributed by atoms with Gasteiger partial charge in [0.25, 0.3) is 0 Å². The lowest BCUT2D eigenvalue weighted by atomic mass is 9.98. The van der Waals surface area contributed by atoms with Gasteiger partial charge in [0.05, 0.1) is 6.04 Å². The van der Waals surface area contributed by atoms with Crippen LogP contribution in [0.1, 0.15) is 26.2 Å². The van der Waals surface area contributed by atoms with Crippen molar-refractivity contribution in [3.63, 3.8) is 0 Å². The molecule has 102 valence electrons. The Balaban J connectivity index is 3.15. The average Bonchev–Trinajstić information content (AvgIpc) is 2.37. The van der Waals surface area contributed by atoms with Crippen molar-refractivity contribution in [2.24, 2.45) is 11.5 Å². The van der Waals surface area contributed by atoms with Gasteiger partial charge in [0, 0.05) is 27.4 Å². The summed E-state index contributed by atoms with van der Waals surface area (Å²) in [4.78, 5) is 0. The maximum Gasteiger partial charge on any atom is 0.372 e. The lowest BCUT2D eigenvalue weighted by molar-refractivity contribution is -0.0302. The lowest BCUT2D eigenvalue weighted by Gasteiger charge is -2.51. The van der Waals surface area contributed by atoms with Gasteiger partial charge in [0.1, 0.15) is 5.22 Å². The van der Waals surface area contributed by atoms with Crippen LogP contribution >= 0.6 is 0 Å². The van der Waals surface area contributed by atoms with Gasteiger partial charge in [-0.3, -0.25) is 0 Å². The molecule has 1 saturated heterocycles. The predicted molar refractivity (Wildman–Crippen MR) is 69.8 cm³/mol. The van der Waals surface area contributed by atoms with Crippen molar-refractivity contribution >= 4 is 8.56 Å². The van der Waals surface area contributed by atoms with Crippen molar-refractivity contribution in [3.05, 3.63) is 0 Å². The molecule has 0 aromatic carbocycles. The highest BCUT2D eigenvalue weighted by Crippen LogP contribution is 2.42. The lowest BCUT2D eigenvalue weighted by Crippen LogP contribution is -2.74. The van der Waals surface area contributed by atoms with Crippen LogP contribution in [0.4, 0.5) is 0 Å². The van der Waals surface area contributed by atoms with Gasteiger partial charge in [-0.1, -0.05) is 12.8 Å². The van der Waals surface area contributed by atoms with Gasteiger partial charge >= 0.3 is 8.56 Å². The van der Waals surface area contributed by atoms with Crippen molar-refractivity contribution in [2.75, 3.05) is 21.3 Å². The zero-order valence-electron chi connectivity index (χ0n) is 11.4. The highest BCUT2D eigenvalue weighted by Gasteiger charge is 2.62. The van der Waals surface area contributed by atoms with E-state index in [1.54, 1.807) is 21.3 Å². The van der Waals surface area contributed by atoms with Crippen LogP contribution in [0.25, 0.3) is 0 Å². The standard InChI is InChI=1S/C11H26N2O3Si/c1-9(12)10(13)11(14-2)7-5-6-8-17(11,15-3)16-4/h9-10H,5-8,12-13H2,1-4H3. The first-order valence-corrected chi connectivity index (χ1v) is 8.18. The molecular formula is C11H26N2O3Si. The number of methoxy groups -OCH3 is 1. The van der Waals surface area contributed by atoms with Gasteiger partial charge in [-0.2, -0.15) is 0 Å². The zero-order chi connectivity index (χ0) is 13.1. The summed E-state index contributed by atoms with van der Waals surface area (Å²) in [5.74, 6) is 0. The second-order valence-corrected chi connectivity index (χ2v) is 8.52. The molecular weight excluding hydrogens is 236 g/mol. The van der Waals surface area contributed by atoms with E-state index >= 15 is 0 Å². The van der Waals surface area contributed by atoms with Gasteiger partial charge < -0.3 is 25.1 Å². The molecule has 0 aromatic rings. The van der Waals surface area contributed by atoms with E-state index in [4.69, 9.17) is 25.1 Å². The zero-order valence-corrected chi connectivity index (χ0v) is 12.4. The van der Waals surface area contributed by atoms with Crippen molar-refractivity contribution in [1.82, 2.24) is 0 Å². The maximum absolute atomic E-state index is 6.29. The summed E-state index contributed by atoms with van der Waals surface area (Å²) in [6.45, 7) is 1.91. The van der Waals surface area contributed by atoms with E-state index in [1.807, 2.05) is 6.92 Å². The summed E-state index contributed by atoms with van der Waals surface area (Å²) in [5, 5.41) is -0.539. The van der Waals surface area contributed by atoms with E-state index in [0.717, 1.165) is 25.3 Å². The Morgan fingerprint density at radius 2 is 1.71 bits per heavy atom. The van der Waals surface area contributed by atoms with Gasteiger partial charge in [0.15, 0.2) is 0 Å². The topological polar surface area (TPSA) is 79.7 Å². The fraction of sp³-hybridized carbons (Fsp3) is 1.00. The molecule has 0 radical (unpaired) electrons. The highest BCUT2D eigenvalue weighted by molar-refractivity contribution is 6.71. The number of hydrogen-bond donors (Lipinski definition) is 2. The van der Waals surface area contributed by atoms with E-state index in [1.165, 1.54) is 0 Å². The first-order chi connectivity index (χ1) is 7.99. The Bertz CT molecular complexity index is 249. The molecule has 3 atom stereocenters. The van der Waals surface area contributed by atoms with Gasteiger partial charge in [-0.15, -0.1) is 0 Å². The molecule has 0 saturated carbocycles. The Morgan fingerprint density at radius 3 is 2.12 bits per heavy atom. The minimum absolute atomic E-state index is 0.148. The fourth-order valence-corrected chi connectivity index (χ4v) is 7.06. The van der Waals surface area contributed by atoms with Crippen LogP contribution in [0.15, 0.2) is 0 Å². The first-order valence-electron chi connectivity index (χ1n) is 6.16. The minimum Gasteiger partial charge on any atom is -0.396 e. The van der Waals surface area contributed by atoms with Crippen LogP contribution in [0.3, 0.4) is 0 Å². The van der Waals surface area contributed by atoms with Gasteiger partial charge in [-0.25, -0.2) is 0 Å². The minimum atomic E-state index is -2.46. The summed E-state index contributed by atoms with van der Waals surface area (Å²) < 4.78 is 17.3. The summed E-state index contributed by atoms with van der Waals surface area (Å²) in [7, 11) is 2.62. The quantitative estimate of drug-likeness (QED) is 0.706. The molecule has 3 unspecified atom stereocenters. The molecule has 1 aliphatic rings. The van der Waals surface area contributed by atoms with Crippen LogP contribution < -0.4 is 11.5 Å². The fourth-order valence-electron chi connectivity index (χ4n) is 3.02. The van der Waals surface area contributed by atoms with E-state index in [2.05, 4.69) is 0 Å². The van der Waals surface area contributed by atoms with Crippen LogP contribution in [0.5, 0.6) is 0 Å².